The van der Waals surface area contributed by atoms with Crippen LogP contribution in [0.1, 0.15) is 12.8 Å². The fourth-order valence-corrected chi connectivity index (χ4v) is 4.52. The summed E-state index contributed by atoms with van der Waals surface area (Å²) in [7, 11) is 0. The van der Waals surface area contributed by atoms with E-state index in [1.165, 1.54) is 23.0 Å². The number of aliphatic hydroxyl groups is 1. The van der Waals surface area contributed by atoms with E-state index in [0.29, 0.717) is 6.42 Å². The third-order valence-electron chi connectivity index (χ3n) is 3.88. The molecular weight excluding hydrogens is 358 g/mol. The highest BCUT2D eigenvalue weighted by molar-refractivity contribution is 9.14. The summed E-state index contributed by atoms with van der Waals surface area (Å²) in [6.07, 6.45) is 3.73. The van der Waals surface area contributed by atoms with Crippen molar-refractivity contribution in [2.45, 2.75) is 30.4 Å². The van der Waals surface area contributed by atoms with Crippen LogP contribution in [0.5, 0.6) is 0 Å². The van der Waals surface area contributed by atoms with Crippen molar-refractivity contribution in [1.82, 2.24) is 10.2 Å². The zero-order valence-electron chi connectivity index (χ0n) is 11.2. The van der Waals surface area contributed by atoms with E-state index in [1.807, 2.05) is 6.08 Å². The summed E-state index contributed by atoms with van der Waals surface area (Å²) in [4.78, 5) is 30.1. The van der Waals surface area contributed by atoms with Gasteiger partial charge in [-0.2, -0.15) is 0 Å². The van der Waals surface area contributed by atoms with Crippen LogP contribution in [0.2, 0.25) is 0 Å². The molecular formula is C13H16BrN3O3S. The minimum absolute atomic E-state index is 0.0204. The Labute approximate surface area is 135 Å². The summed E-state index contributed by atoms with van der Waals surface area (Å²) in [6, 6.07) is -0.196. The van der Waals surface area contributed by atoms with Gasteiger partial charge in [0.2, 0.25) is 5.91 Å². The van der Waals surface area contributed by atoms with Crippen molar-refractivity contribution in [3.05, 3.63) is 9.89 Å². The smallest absolute Gasteiger partial charge is 0.238 e. The molecule has 0 bridgehead atoms. The summed E-state index contributed by atoms with van der Waals surface area (Å²) < 4.78 is 0.912. The fourth-order valence-electron chi connectivity index (χ4n) is 2.74. The first kappa shape index (κ1) is 15.2. The minimum Gasteiger partial charge on any atom is -0.391 e. The molecule has 3 heterocycles. The number of nitrogens with one attached hydrogen (secondary N) is 1. The number of halogens is 1. The van der Waals surface area contributed by atoms with Crippen LogP contribution in [0.3, 0.4) is 0 Å². The summed E-state index contributed by atoms with van der Waals surface area (Å²) in [6.45, 7) is 0.746. The lowest BCUT2D eigenvalue weighted by Gasteiger charge is -2.27. The zero-order chi connectivity index (χ0) is 15.0. The van der Waals surface area contributed by atoms with E-state index >= 15 is 0 Å². The third-order valence-corrected chi connectivity index (χ3v) is 5.72. The number of aliphatic hydroxyl groups excluding tert-OH is 1. The first-order valence-corrected chi connectivity index (χ1v) is 8.53. The van der Waals surface area contributed by atoms with Gasteiger partial charge in [-0.3, -0.25) is 19.5 Å². The van der Waals surface area contributed by atoms with Crippen molar-refractivity contribution in [1.29, 1.82) is 0 Å². The SMILES string of the molecule is O=C(CC1NCCC1O)CN1C=NC2SC(Br)=CC2C1=O. The van der Waals surface area contributed by atoms with E-state index in [2.05, 4.69) is 26.2 Å². The average Bonchev–Trinajstić information content (AvgIpc) is 3.00. The molecule has 0 saturated carbocycles. The summed E-state index contributed by atoms with van der Waals surface area (Å²) in [5.74, 6) is -0.456. The molecule has 3 aliphatic heterocycles. The van der Waals surface area contributed by atoms with Gasteiger partial charge in [0.1, 0.15) is 5.37 Å². The van der Waals surface area contributed by atoms with Crippen molar-refractivity contribution in [2.24, 2.45) is 10.9 Å². The second-order valence-corrected chi connectivity index (χ2v) is 7.93. The topological polar surface area (TPSA) is 82.0 Å². The van der Waals surface area contributed by atoms with Crippen LogP contribution < -0.4 is 5.32 Å². The maximum absolute atomic E-state index is 12.3. The van der Waals surface area contributed by atoms with E-state index in [-0.39, 0.29) is 42.0 Å². The number of fused-ring (bicyclic) bond motifs is 1. The van der Waals surface area contributed by atoms with Gasteiger partial charge in [0.05, 0.1) is 24.9 Å². The maximum Gasteiger partial charge on any atom is 0.238 e. The van der Waals surface area contributed by atoms with E-state index < -0.39 is 6.10 Å². The van der Waals surface area contributed by atoms with Crippen LogP contribution >= 0.6 is 27.7 Å². The summed E-state index contributed by atoms with van der Waals surface area (Å²) in [5.41, 5.74) is 0. The Hall–Kier alpha value is -0.700. The Morgan fingerprint density at radius 1 is 1.62 bits per heavy atom. The number of thioether (sulfide) groups is 1. The van der Waals surface area contributed by atoms with Gasteiger partial charge in [-0.1, -0.05) is 11.8 Å². The van der Waals surface area contributed by atoms with E-state index in [1.54, 1.807) is 0 Å². The van der Waals surface area contributed by atoms with Crippen LogP contribution in [-0.2, 0) is 9.59 Å². The molecule has 3 rings (SSSR count). The van der Waals surface area contributed by atoms with Gasteiger partial charge < -0.3 is 10.4 Å². The average molecular weight is 374 g/mol. The van der Waals surface area contributed by atoms with Crippen molar-refractivity contribution in [3.63, 3.8) is 0 Å². The molecule has 2 N–H and O–H groups in total. The molecule has 1 amide bonds. The molecule has 1 saturated heterocycles. The van der Waals surface area contributed by atoms with E-state index in [0.717, 1.165) is 10.4 Å². The van der Waals surface area contributed by atoms with Crippen molar-refractivity contribution in [3.8, 4) is 0 Å². The molecule has 0 aromatic heterocycles. The van der Waals surface area contributed by atoms with Crippen LogP contribution in [0.25, 0.3) is 0 Å². The number of carbonyl (C=O) groups is 2. The van der Waals surface area contributed by atoms with Gasteiger partial charge in [-0.25, -0.2) is 0 Å². The highest BCUT2D eigenvalue weighted by Gasteiger charge is 2.38. The molecule has 0 radical (unpaired) electrons. The van der Waals surface area contributed by atoms with E-state index in [4.69, 9.17) is 0 Å². The van der Waals surface area contributed by atoms with Gasteiger partial charge >= 0.3 is 0 Å². The lowest BCUT2D eigenvalue weighted by atomic mass is 10.0. The Bertz CT molecular complexity index is 525. The molecule has 114 valence electrons. The standard InChI is InChI=1S/C13H16BrN3O3S/c14-11-4-8-12(21-11)16-6-17(13(8)20)5-7(18)3-9-10(19)1-2-15-9/h4,6,8-10,12,15,19H,1-3,5H2. The normalized spacial score (nSPS) is 35.0. The number of Topliss-reactive ketones (excluding diaryl/α,β-unsaturated/α-hetero) is 1. The molecule has 21 heavy (non-hydrogen) atoms. The van der Waals surface area contributed by atoms with Crippen molar-refractivity contribution < 1.29 is 14.7 Å². The second-order valence-electron chi connectivity index (χ2n) is 5.40. The molecule has 8 heteroatoms. The second kappa shape index (κ2) is 6.20. The van der Waals surface area contributed by atoms with Gasteiger partial charge in [-0.15, -0.1) is 0 Å². The summed E-state index contributed by atoms with van der Waals surface area (Å²) >= 11 is 4.87. The predicted octanol–water partition coefficient (Wildman–Crippen LogP) is 0.464. The Morgan fingerprint density at radius 2 is 2.43 bits per heavy atom. The number of nitrogens with zero attached hydrogens (tertiary/aromatic N) is 2. The number of hydrogen-bond donors (Lipinski definition) is 2. The molecule has 6 nitrogen and oxygen atoms in total. The number of amides is 1. The van der Waals surface area contributed by atoms with Gasteiger partial charge in [0.15, 0.2) is 5.78 Å². The first-order valence-electron chi connectivity index (χ1n) is 6.85. The minimum atomic E-state index is -0.478. The number of hydrogen-bond acceptors (Lipinski definition) is 6. The molecule has 0 aromatic carbocycles. The number of rotatable bonds is 4. The quantitative estimate of drug-likeness (QED) is 0.748. The number of aliphatic imine (C=N–C) groups is 1. The fraction of sp³-hybridized carbons (Fsp3) is 0.615. The highest BCUT2D eigenvalue weighted by Crippen LogP contribution is 2.42. The predicted molar refractivity (Wildman–Crippen MR) is 84.1 cm³/mol. The van der Waals surface area contributed by atoms with Crippen LogP contribution in [0, 0.1) is 5.92 Å². The first-order chi connectivity index (χ1) is 10.0. The largest absolute Gasteiger partial charge is 0.391 e. The van der Waals surface area contributed by atoms with Crippen LogP contribution in [0.4, 0.5) is 0 Å². The Kier molecular flexibility index (Phi) is 4.49. The molecule has 3 aliphatic rings. The van der Waals surface area contributed by atoms with Crippen molar-refractivity contribution in [2.75, 3.05) is 13.1 Å². The lowest BCUT2D eigenvalue weighted by molar-refractivity contribution is -0.134. The molecule has 4 atom stereocenters. The Balaban J connectivity index is 1.59. The Morgan fingerprint density at radius 3 is 3.14 bits per heavy atom. The zero-order valence-corrected chi connectivity index (χ0v) is 13.6. The van der Waals surface area contributed by atoms with Crippen molar-refractivity contribution >= 4 is 45.7 Å². The number of carbonyl (C=O) groups excluding carboxylic acids is 2. The molecule has 4 unspecified atom stereocenters. The van der Waals surface area contributed by atoms with Crippen LogP contribution in [0.15, 0.2) is 14.9 Å². The van der Waals surface area contributed by atoms with Gasteiger partial charge in [0.25, 0.3) is 0 Å². The third kappa shape index (κ3) is 3.23. The van der Waals surface area contributed by atoms with Gasteiger partial charge in [-0.05, 0) is 35.0 Å². The highest BCUT2D eigenvalue weighted by atomic mass is 79.9. The maximum atomic E-state index is 12.3. The molecule has 0 spiro atoms. The monoisotopic (exact) mass is 373 g/mol. The molecule has 1 fully saturated rings. The van der Waals surface area contributed by atoms with E-state index in [9.17, 15) is 14.7 Å². The lowest BCUT2D eigenvalue weighted by Crippen LogP contribution is -2.45. The summed E-state index contributed by atoms with van der Waals surface area (Å²) in [5, 5.41) is 12.7. The molecule has 0 aliphatic carbocycles. The number of ketones is 1. The van der Waals surface area contributed by atoms with Gasteiger partial charge in [0, 0.05) is 16.3 Å². The van der Waals surface area contributed by atoms with Crippen LogP contribution in [-0.4, -0.2) is 58.6 Å². The molecule has 0 aromatic rings.